The summed E-state index contributed by atoms with van der Waals surface area (Å²) >= 11 is 0. The third-order valence-electron chi connectivity index (χ3n) is 3.75. The molecule has 1 aromatic carbocycles. The normalized spacial score (nSPS) is 17.4. The van der Waals surface area contributed by atoms with Gasteiger partial charge in [-0.15, -0.1) is 0 Å². The van der Waals surface area contributed by atoms with E-state index in [0.29, 0.717) is 43.9 Å². The Balaban J connectivity index is 2.08. The first-order valence-corrected chi connectivity index (χ1v) is 6.56. The first-order valence-electron chi connectivity index (χ1n) is 6.56. The van der Waals surface area contributed by atoms with Crippen LogP contribution in [0.5, 0.6) is 0 Å². The molecule has 1 aliphatic rings. The van der Waals surface area contributed by atoms with Crippen LogP contribution >= 0.6 is 0 Å². The summed E-state index contributed by atoms with van der Waals surface area (Å²) in [5.74, 6) is -0.596. The average molecular weight is 277 g/mol. The highest BCUT2D eigenvalue weighted by Crippen LogP contribution is 2.30. The van der Waals surface area contributed by atoms with Gasteiger partial charge < -0.3 is 21.5 Å². The first kappa shape index (κ1) is 14.5. The molecule has 0 spiro atoms. The number of nitrogens with one attached hydrogen (secondary N) is 1. The van der Waals surface area contributed by atoms with Gasteiger partial charge in [-0.3, -0.25) is 9.59 Å². The number of benzene rings is 1. The molecule has 0 aliphatic carbocycles. The smallest absolute Gasteiger partial charge is 0.248 e. The van der Waals surface area contributed by atoms with Crippen LogP contribution in [0.3, 0.4) is 0 Å². The topological polar surface area (TPSA) is 107 Å². The molecule has 0 bridgehead atoms. The molecule has 0 unspecified atom stereocenters. The van der Waals surface area contributed by atoms with Crippen molar-refractivity contribution in [1.29, 1.82) is 0 Å². The maximum absolute atomic E-state index is 12.4. The number of primary amides is 1. The summed E-state index contributed by atoms with van der Waals surface area (Å²) < 4.78 is 5.28. The van der Waals surface area contributed by atoms with Gasteiger partial charge in [-0.1, -0.05) is 0 Å². The van der Waals surface area contributed by atoms with Crippen LogP contribution in [-0.4, -0.2) is 31.6 Å². The summed E-state index contributed by atoms with van der Waals surface area (Å²) in [5, 5.41) is 2.84. The van der Waals surface area contributed by atoms with Crippen molar-refractivity contribution >= 4 is 17.5 Å². The Hall–Kier alpha value is -1.92. The number of nitrogens with two attached hydrogens (primary N) is 2. The lowest BCUT2D eigenvalue weighted by molar-refractivity contribution is -0.130. The highest BCUT2D eigenvalue weighted by Gasteiger charge is 2.38. The van der Waals surface area contributed by atoms with Crippen molar-refractivity contribution in [3.8, 4) is 0 Å². The lowest BCUT2D eigenvalue weighted by Gasteiger charge is -2.34. The van der Waals surface area contributed by atoms with Crippen LogP contribution in [0.15, 0.2) is 24.3 Å². The second kappa shape index (κ2) is 6.02. The first-order chi connectivity index (χ1) is 9.57. The second-order valence-electron chi connectivity index (χ2n) is 4.99. The van der Waals surface area contributed by atoms with E-state index in [0.717, 1.165) is 0 Å². The van der Waals surface area contributed by atoms with Crippen molar-refractivity contribution in [2.45, 2.75) is 12.8 Å². The van der Waals surface area contributed by atoms with Crippen molar-refractivity contribution in [1.82, 2.24) is 0 Å². The average Bonchev–Trinajstić information content (AvgIpc) is 2.48. The number of rotatable bonds is 4. The number of hydrogen-bond donors (Lipinski definition) is 3. The number of hydrogen-bond acceptors (Lipinski definition) is 4. The van der Waals surface area contributed by atoms with Gasteiger partial charge in [-0.25, -0.2) is 0 Å². The van der Waals surface area contributed by atoms with E-state index in [2.05, 4.69) is 5.32 Å². The molecule has 0 aromatic heterocycles. The maximum Gasteiger partial charge on any atom is 0.248 e. The summed E-state index contributed by atoms with van der Waals surface area (Å²) in [7, 11) is 0. The van der Waals surface area contributed by atoms with Crippen LogP contribution in [0.25, 0.3) is 0 Å². The van der Waals surface area contributed by atoms with Gasteiger partial charge in [0, 0.05) is 31.0 Å². The molecule has 0 saturated carbocycles. The standard InChI is InChI=1S/C14H19N3O3/c15-9-14(5-7-20-8-6-14)13(19)17-11-3-1-10(2-4-11)12(16)18/h1-4H,5-9,15H2,(H2,16,18)(H,17,19). The van der Waals surface area contributed by atoms with Crippen molar-refractivity contribution in [3.05, 3.63) is 29.8 Å². The Labute approximate surface area is 117 Å². The van der Waals surface area contributed by atoms with Crippen LogP contribution in [-0.2, 0) is 9.53 Å². The van der Waals surface area contributed by atoms with Gasteiger partial charge in [0.25, 0.3) is 0 Å². The van der Waals surface area contributed by atoms with E-state index in [-0.39, 0.29) is 5.91 Å². The van der Waals surface area contributed by atoms with Gasteiger partial charge >= 0.3 is 0 Å². The minimum atomic E-state index is -0.569. The SMILES string of the molecule is NCC1(C(=O)Nc2ccc(C(N)=O)cc2)CCOCC1. The minimum Gasteiger partial charge on any atom is -0.381 e. The predicted molar refractivity (Wildman–Crippen MR) is 75.1 cm³/mol. The third-order valence-corrected chi connectivity index (χ3v) is 3.75. The Kier molecular flexibility index (Phi) is 4.36. The monoisotopic (exact) mass is 277 g/mol. The number of ether oxygens (including phenoxy) is 1. The van der Waals surface area contributed by atoms with E-state index < -0.39 is 11.3 Å². The lowest BCUT2D eigenvalue weighted by Crippen LogP contribution is -2.46. The molecule has 1 saturated heterocycles. The quantitative estimate of drug-likeness (QED) is 0.744. The molecule has 0 atom stereocenters. The molecule has 1 fully saturated rings. The molecule has 1 aliphatic heterocycles. The zero-order valence-electron chi connectivity index (χ0n) is 11.2. The summed E-state index contributed by atoms with van der Waals surface area (Å²) in [5.41, 5.74) is 11.4. The fourth-order valence-corrected chi connectivity index (χ4v) is 2.27. The fraction of sp³-hybridized carbons (Fsp3) is 0.429. The third kappa shape index (κ3) is 2.97. The van der Waals surface area contributed by atoms with Crippen molar-refractivity contribution in [2.75, 3.05) is 25.1 Å². The molecule has 108 valence electrons. The van der Waals surface area contributed by atoms with Gasteiger partial charge in [0.1, 0.15) is 0 Å². The molecular formula is C14H19N3O3. The van der Waals surface area contributed by atoms with Gasteiger partial charge in [-0.2, -0.15) is 0 Å². The molecule has 1 heterocycles. The molecule has 6 heteroatoms. The van der Waals surface area contributed by atoms with Crippen LogP contribution in [0.2, 0.25) is 0 Å². The second-order valence-corrected chi connectivity index (χ2v) is 4.99. The van der Waals surface area contributed by atoms with E-state index in [1.165, 1.54) is 0 Å². The van der Waals surface area contributed by atoms with Gasteiger partial charge in [0.2, 0.25) is 11.8 Å². The molecule has 0 radical (unpaired) electrons. The number of amides is 2. The number of anilines is 1. The van der Waals surface area contributed by atoms with Crippen LogP contribution in [0.1, 0.15) is 23.2 Å². The van der Waals surface area contributed by atoms with Gasteiger partial charge in [-0.05, 0) is 37.1 Å². The molecule has 6 nitrogen and oxygen atoms in total. The van der Waals surface area contributed by atoms with Crippen molar-refractivity contribution in [2.24, 2.45) is 16.9 Å². The van der Waals surface area contributed by atoms with E-state index in [1.54, 1.807) is 24.3 Å². The number of carbonyl (C=O) groups excluding carboxylic acids is 2. The Bertz CT molecular complexity index is 493. The van der Waals surface area contributed by atoms with Gasteiger partial charge in [0.15, 0.2) is 0 Å². The minimum absolute atomic E-state index is 0.102. The zero-order chi connectivity index (χ0) is 14.6. The Morgan fingerprint density at radius 3 is 2.30 bits per heavy atom. The lowest BCUT2D eigenvalue weighted by atomic mass is 9.79. The van der Waals surface area contributed by atoms with E-state index in [4.69, 9.17) is 16.2 Å². The Morgan fingerprint density at radius 2 is 1.80 bits per heavy atom. The van der Waals surface area contributed by atoms with Crippen LogP contribution < -0.4 is 16.8 Å². The maximum atomic E-state index is 12.4. The molecule has 2 amide bonds. The summed E-state index contributed by atoms with van der Waals surface area (Å²) in [4.78, 5) is 23.4. The summed E-state index contributed by atoms with van der Waals surface area (Å²) in [6, 6.07) is 6.47. The number of carbonyl (C=O) groups is 2. The van der Waals surface area contributed by atoms with Crippen LogP contribution in [0.4, 0.5) is 5.69 Å². The zero-order valence-corrected chi connectivity index (χ0v) is 11.2. The van der Waals surface area contributed by atoms with E-state index in [1.807, 2.05) is 0 Å². The molecule has 1 aromatic rings. The molecule has 2 rings (SSSR count). The van der Waals surface area contributed by atoms with E-state index in [9.17, 15) is 9.59 Å². The molecule has 20 heavy (non-hydrogen) atoms. The molecule has 5 N–H and O–H groups in total. The van der Waals surface area contributed by atoms with E-state index >= 15 is 0 Å². The Morgan fingerprint density at radius 1 is 1.20 bits per heavy atom. The largest absolute Gasteiger partial charge is 0.381 e. The van der Waals surface area contributed by atoms with Crippen molar-refractivity contribution < 1.29 is 14.3 Å². The van der Waals surface area contributed by atoms with Gasteiger partial charge in [0.05, 0.1) is 5.41 Å². The van der Waals surface area contributed by atoms with Crippen LogP contribution in [0, 0.1) is 5.41 Å². The predicted octanol–water partition coefficient (Wildman–Crippen LogP) is 0.479. The highest BCUT2D eigenvalue weighted by molar-refractivity contribution is 5.97. The summed E-state index contributed by atoms with van der Waals surface area (Å²) in [6.45, 7) is 1.39. The fourth-order valence-electron chi connectivity index (χ4n) is 2.27. The summed E-state index contributed by atoms with van der Waals surface area (Å²) in [6.07, 6.45) is 1.24. The molecular weight excluding hydrogens is 258 g/mol. The van der Waals surface area contributed by atoms with Crippen molar-refractivity contribution in [3.63, 3.8) is 0 Å². The highest BCUT2D eigenvalue weighted by atomic mass is 16.5.